The molecule has 12 heteroatoms. The molecule has 2 aromatic rings. The zero-order chi connectivity index (χ0) is 34.8. The summed E-state index contributed by atoms with van der Waals surface area (Å²) in [5.74, 6) is -1.46. The third kappa shape index (κ3) is 9.23. The summed E-state index contributed by atoms with van der Waals surface area (Å²) in [6.07, 6.45) is 0.341. The Morgan fingerprint density at radius 2 is 1.12 bits per heavy atom. The van der Waals surface area contributed by atoms with E-state index in [0.717, 1.165) is 25.0 Å². The van der Waals surface area contributed by atoms with E-state index in [0.29, 0.717) is 46.6 Å². The molecule has 258 valence electrons. The fourth-order valence-corrected chi connectivity index (χ4v) is 5.32. The summed E-state index contributed by atoms with van der Waals surface area (Å²) < 4.78 is 45.4. The monoisotopic (exact) mass is 666 g/mol. The molecular weight excluding hydrogens is 624 g/mol. The van der Waals surface area contributed by atoms with Crippen molar-refractivity contribution >= 4 is 23.9 Å². The highest BCUT2D eigenvalue weighted by atomic mass is 16.7. The second kappa shape index (κ2) is 16.9. The van der Waals surface area contributed by atoms with Crippen LogP contribution in [0.15, 0.2) is 61.7 Å². The highest BCUT2D eigenvalue weighted by molar-refractivity contribution is 5.92. The van der Waals surface area contributed by atoms with Gasteiger partial charge in [0.1, 0.15) is 23.7 Å². The van der Waals surface area contributed by atoms with Gasteiger partial charge in [-0.1, -0.05) is 27.0 Å². The van der Waals surface area contributed by atoms with Crippen molar-refractivity contribution in [2.45, 2.75) is 90.4 Å². The lowest BCUT2D eigenvalue weighted by atomic mass is 10.1. The van der Waals surface area contributed by atoms with Crippen molar-refractivity contribution in [1.29, 1.82) is 0 Å². The Balaban J connectivity index is 1.32. The number of hydrogen-bond acceptors (Lipinski definition) is 12. The Hall–Kier alpha value is -4.68. The normalized spacial score (nSPS) is 20.8. The molecule has 0 aromatic heterocycles. The Bertz CT molecular complexity index is 1390. The van der Waals surface area contributed by atoms with Gasteiger partial charge < -0.3 is 37.9 Å². The first-order valence-electron chi connectivity index (χ1n) is 15.9. The van der Waals surface area contributed by atoms with E-state index in [1.54, 1.807) is 50.2 Å². The molecule has 0 bridgehead atoms. The molecule has 2 aliphatic rings. The van der Waals surface area contributed by atoms with Crippen LogP contribution in [0.2, 0.25) is 0 Å². The maximum absolute atomic E-state index is 13.1. The largest absolute Gasteiger partial charge is 0.455 e. The third-order valence-corrected chi connectivity index (χ3v) is 7.73. The van der Waals surface area contributed by atoms with E-state index in [1.165, 1.54) is 0 Å². The molecule has 2 aromatic carbocycles. The summed E-state index contributed by atoms with van der Waals surface area (Å²) in [5.41, 5.74) is 1.85. The summed E-state index contributed by atoms with van der Waals surface area (Å²) in [7, 11) is 0. The number of fused-ring (bicyclic) bond motifs is 1. The lowest BCUT2D eigenvalue weighted by Gasteiger charge is -2.20. The molecule has 4 rings (SSSR count). The average molecular weight is 667 g/mol. The Morgan fingerprint density at radius 1 is 0.729 bits per heavy atom. The van der Waals surface area contributed by atoms with Crippen molar-refractivity contribution in [3.05, 3.63) is 84.0 Å². The van der Waals surface area contributed by atoms with Gasteiger partial charge in [-0.2, -0.15) is 0 Å². The molecule has 2 fully saturated rings. The molecule has 48 heavy (non-hydrogen) atoms. The highest BCUT2D eigenvalue weighted by Gasteiger charge is 2.51. The van der Waals surface area contributed by atoms with Gasteiger partial charge in [0.15, 0.2) is 12.2 Å². The van der Waals surface area contributed by atoms with Crippen LogP contribution in [0, 0.1) is 13.8 Å². The standard InChI is InChI=1S/C36H42O12/c1-7-11-31(47-29(37)9-3)43-23-13-15-25(21(5)17-23)35(39)45-27-19-41-34-28(20-42-33(27)34)46-36(40)26-16-14-24(18-22(26)6)44-32(12-8-2)48-30(38)10-4/h9-10,13-18,27-28,31-34H,3-4,7-8,11-12,19-20H2,1-2,5-6H3/t27-,28+,31?,32?,33-,34-/m1/s1. The summed E-state index contributed by atoms with van der Waals surface area (Å²) in [6.45, 7) is 14.3. The molecule has 2 unspecified atom stereocenters. The first-order chi connectivity index (χ1) is 23.1. The summed E-state index contributed by atoms with van der Waals surface area (Å²) >= 11 is 0. The van der Waals surface area contributed by atoms with Gasteiger partial charge in [-0.05, 0) is 74.2 Å². The van der Waals surface area contributed by atoms with Gasteiger partial charge >= 0.3 is 23.9 Å². The van der Waals surface area contributed by atoms with Crippen LogP contribution in [0.5, 0.6) is 11.5 Å². The first kappa shape index (κ1) is 36.2. The molecule has 2 saturated heterocycles. The predicted molar refractivity (Wildman–Crippen MR) is 171 cm³/mol. The Morgan fingerprint density at radius 3 is 1.46 bits per heavy atom. The van der Waals surface area contributed by atoms with Crippen LogP contribution in [-0.2, 0) is 38.0 Å². The lowest BCUT2D eigenvalue weighted by Crippen LogP contribution is -2.36. The lowest BCUT2D eigenvalue weighted by molar-refractivity contribution is -0.159. The van der Waals surface area contributed by atoms with Crippen LogP contribution in [0.1, 0.15) is 71.4 Å². The molecular formula is C36H42O12. The van der Waals surface area contributed by atoms with Gasteiger partial charge in [-0.15, -0.1) is 0 Å². The first-order valence-corrected chi connectivity index (χ1v) is 15.9. The number of hydrogen-bond donors (Lipinski definition) is 0. The van der Waals surface area contributed by atoms with Crippen molar-refractivity contribution in [3.63, 3.8) is 0 Å². The quantitative estimate of drug-likeness (QED) is 0.0991. The highest BCUT2D eigenvalue weighted by Crippen LogP contribution is 2.32. The second-order valence-corrected chi connectivity index (χ2v) is 11.4. The number of aryl methyl sites for hydroxylation is 2. The molecule has 2 aliphatic heterocycles. The van der Waals surface area contributed by atoms with Crippen molar-refractivity contribution in [3.8, 4) is 11.5 Å². The topological polar surface area (TPSA) is 142 Å². The minimum absolute atomic E-state index is 0.0726. The maximum atomic E-state index is 13.1. The Labute approximate surface area is 279 Å². The smallest absolute Gasteiger partial charge is 0.338 e. The number of benzene rings is 2. The van der Waals surface area contributed by atoms with Crippen molar-refractivity contribution < 1.29 is 57.1 Å². The summed E-state index contributed by atoms with van der Waals surface area (Å²) in [5, 5.41) is 0. The van der Waals surface area contributed by atoms with Gasteiger partial charge in [-0.3, -0.25) is 0 Å². The van der Waals surface area contributed by atoms with Crippen LogP contribution in [0.25, 0.3) is 0 Å². The molecule has 6 atom stereocenters. The fraction of sp³-hybridized carbons (Fsp3) is 0.444. The number of carbonyl (C=O) groups is 4. The van der Waals surface area contributed by atoms with Crippen LogP contribution < -0.4 is 9.47 Å². The Kier molecular flexibility index (Phi) is 12.8. The summed E-state index contributed by atoms with van der Waals surface area (Å²) in [6, 6.07) is 9.69. The molecule has 0 aliphatic carbocycles. The maximum Gasteiger partial charge on any atom is 0.338 e. The molecule has 12 nitrogen and oxygen atoms in total. The van der Waals surface area contributed by atoms with E-state index in [1.807, 2.05) is 13.8 Å². The van der Waals surface area contributed by atoms with Crippen LogP contribution in [0.3, 0.4) is 0 Å². The summed E-state index contributed by atoms with van der Waals surface area (Å²) in [4.78, 5) is 49.5. The minimum Gasteiger partial charge on any atom is -0.455 e. The SMILES string of the molecule is C=CC(=O)OC(CCC)Oc1ccc(C(=O)O[C@H]2CO[C@H]3[C@@H]2OC[C@H]3OC(=O)c2ccc(OC(CCC)OC(=O)C=C)cc2C)c(C)c1. The number of esters is 4. The van der Waals surface area contributed by atoms with Crippen molar-refractivity contribution in [2.75, 3.05) is 13.2 Å². The van der Waals surface area contributed by atoms with Crippen molar-refractivity contribution in [2.24, 2.45) is 0 Å². The van der Waals surface area contributed by atoms with E-state index in [4.69, 9.17) is 37.9 Å². The van der Waals surface area contributed by atoms with E-state index >= 15 is 0 Å². The average Bonchev–Trinajstić information content (AvgIpc) is 3.63. The zero-order valence-corrected chi connectivity index (χ0v) is 27.6. The minimum atomic E-state index is -0.789. The fourth-order valence-electron chi connectivity index (χ4n) is 5.32. The number of ether oxygens (including phenoxy) is 8. The van der Waals surface area contributed by atoms with E-state index in [9.17, 15) is 19.2 Å². The second-order valence-electron chi connectivity index (χ2n) is 11.4. The van der Waals surface area contributed by atoms with Gasteiger partial charge in [0.05, 0.1) is 24.3 Å². The molecule has 0 N–H and O–H groups in total. The number of rotatable bonds is 16. The van der Waals surface area contributed by atoms with E-state index in [-0.39, 0.29) is 13.2 Å². The van der Waals surface area contributed by atoms with E-state index < -0.39 is 60.9 Å². The molecule has 2 heterocycles. The third-order valence-electron chi connectivity index (χ3n) is 7.73. The zero-order valence-electron chi connectivity index (χ0n) is 27.6. The van der Waals surface area contributed by atoms with E-state index in [2.05, 4.69) is 13.2 Å². The van der Waals surface area contributed by atoms with Gasteiger partial charge in [0, 0.05) is 25.0 Å². The van der Waals surface area contributed by atoms with Crippen LogP contribution in [-0.4, -0.2) is 74.1 Å². The van der Waals surface area contributed by atoms with Gasteiger partial charge in [0.25, 0.3) is 0 Å². The van der Waals surface area contributed by atoms with Crippen LogP contribution in [0.4, 0.5) is 0 Å². The molecule has 0 amide bonds. The molecule has 0 spiro atoms. The predicted octanol–water partition coefficient (Wildman–Crippen LogP) is 5.32. The number of carbonyl (C=O) groups excluding carboxylic acids is 4. The van der Waals surface area contributed by atoms with Gasteiger partial charge in [0.2, 0.25) is 12.6 Å². The molecule has 0 saturated carbocycles. The van der Waals surface area contributed by atoms with Crippen molar-refractivity contribution in [1.82, 2.24) is 0 Å². The van der Waals surface area contributed by atoms with Gasteiger partial charge in [-0.25, -0.2) is 19.2 Å². The molecule has 0 radical (unpaired) electrons. The van der Waals surface area contributed by atoms with Crippen LogP contribution >= 0.6 is 0 Å².